The minimum atomic E-state index is -0.194. The lowest BCUT2D eigenvalue weighted by molar-refractivity contribution is 0.656. The summed E-state index contributed by atoms with van der Waals surface area (Å²) in [6.45, 7) is 11.2. The number of nitrogens with two attached hydrogens (primary N) is 2. The van der Waals surface area contributed by atoms with Crippen molar-refractivity contribution in [3.63, 3.8) is 0 Å². The van der Waals surface area contributed by atoms with Crippen molar-refractivity contribution in [2.45, 2.75) is 19.4 Å². The van der Waals surface area contributed by atoms with Gasteiger partial charge in [-0.3, -0.25) is 0 Å². The highest BCUT2D eigenvalue weighted by molar-refractivity contribution is 5.85. The van der Waals surface area contributed by atoms with Crippen LogP contribution in [0.5, 0.6) is 0 Å². The van der Waals surface area contributed by atoms with E-state index in [1.54, 1.807) is 12.2 Å². The van der Waals surface area contributed by atoms with Crippen LogP contribution in [0.3, 0.4) is 0 Å². The predicted octanol–water partition coefficient (Wildman–Crippen LogP) is 1.88. The summed E-state index contributed by atoms with van der Waals surface area (Å²) in [6.07, 6.45) is 3.37. The Kier molecular flexibility index (Phi) is 25.6. The molecule has 76 valence electrons. The zero-order valence-electron chi connectivity index (χ0n) is 7.75. The van der Waals surface area contributed by atoms with Gasteiger partial charge in [-0.25, -0.2) is 0 Å². The van der Waals surface area contributed by atoms with Gasteiger partial charge in [0.05, 0.1) is 0 Å². The maximum Gasteiger partial charge on any atom is 0.0279 e. The molecule has 0 atom stereocenters. The molecular weight excluding hydrogens is 195 g/mol. The summed E-state index contributed by atoms with van der Waals surface area (Å²) in [5.41, 5.74) is 10.1. The van der Waals surface area contributed by atoms with E-state index in [2.05, 4.69) is 13.2 Å². The van der Waals surface area contributed by atoms with Crippen LogP contribution in [0.2, 0.25) is 0 Å². The molecule has 0 aromatic carbocycles. The summed E-state index contributed by atoms with van der Waals surface area (Å²) in [6, 6.07) is 0. The van der Waals surface area contributed by atoms with Gasteiger partial charge in [0.25, 0.3) is 0 Å². The largest absolute Gasteiger partial charge is 0.327 e. The third-order valence-corrected chi connectivity index (χ3v) is 0.693. The highest BCUT2D eigenvalue weighted by Gasteiger charge is 1.99. The molecule has 0 rings (SSSR count). The van der Waals surface area contributed by atoms with Crippen LogP contribution in [0, 0.1) is 0 Å². The van der Waals surface area contributed by atoms with E-state index in [1.807, 2.05) is 13.8 Å². The van der Waals surface area contributed by atoms with Gasteiger partial charge in [-0.05, 0) is 13.8 Å². The highest BCUT2D eigenvalue weighted by atomic mass is 35.5. The second-order valence-electron chi connectivity index (χ2n) is 2.55. The van der Waals surface area contributed by atoms with Crippen molar-refractivity contribution in [1.29, 1.82) is 0 Å². The second-order valence-corrected chi connectivity index (χ2v) is 2.55. The van der Waals surface area contributed by atoms with E-state index in [4.69, 9.17) is 11.5 Å². The molecule has 0 radical (unpaired) electrons. The van der Waals surface area contributed by atoms with E-state index >= 15 is 0 Å². The van der Waals surface area contributed by atoms with E-state index in [0.717, 1.165) is 0 Å². The fourth-order valence-corrected chi connectivity index (χ4v) is 0. The van der Waals surface area contributed by atoms with E-state index in [1.165, 1.54) is 0 Å². The van der Waals surface area contributed by atoms with E-state index in [9.17, 15) is 0 Å². The molecule has 0 amide bonds. The molecule has 2 nitrogen and oxygen atoms in total. The smallest absolute Gasteiger partial charge is 0.0279 e. The molecule has 0 aromatic rings. The zero-order valence-corrected chi connectivity index (χ0v) is 9.38. The number of rotatable bonds is 2. The minimum absolute atomic E-state index is 0. The first-order chi connectivity index (χ1) is 4.47. The van der Waals surface area contributed by atoms with Crippen molar-refractivity contribution in [3.8, 4) is 0 Å². The Hall–Kier alpha value is -0.0200. The Labute approximate surface area is 87.9 Å². The molecule has 0 spiro atoms. The average Bonchev–Trinajstić information content (AvgIpc) is 1.87. The molecule has 0 fully saturated rings. The Balaban J connectivity index is -0.0000000483. The first kappa shape index (κ1) is 22.7. The molecule has 0 unspecified atom stereocenters. The van der Waals surface area contributed by atoms with E-state index < -0.39 is 0 Å². The molecule has 0 aromatic heterocycles. The average molecular weight is 215 g/mol. The lowest BCUT2D eigenvalue weighted by Crippen LogP contribution is -2.27. The van der Waals surface area contributed by atoms with Crippen molar-refractivity contribution >= 4 is 24.8 Å². The lowest BCUT2D eigenvalue weighted by Gasteiger charge is -2.08. The summed E-state index contributed by atoms with van der Waals surface area (Å²) in [5.74, 6) is 0. The maximum absolute atomic E-state index is 5.42. The molecular formula is C8H20Cl2N2. The maximum atomic E-state index is 5.42. The van der Waals surface area contributed by atoms with Gasteiger partial charge in [-0.15, -0.1) is 38.0 Å². The molecule has 0 saturated heterocycles. The minimum Gasteiger partial charge on any atom is -0.327 e. The normalized spacial score (nSPS) is 7.67. The monoisotopic (exact) mass is 214 g/mol. The summed E-state index contributed by atoms with van der Waals surface area (Å²) in [4.78, 5) is 0. The van der Waals surface area contributed by atoms with Crippen LogP contribution in [0.1, 0.15) is 13.8 Å². The Morgan fingerprint density at radius 3 is 1.42 bits per heavy atom. The first-order valence-corrected chi connectivity index (χ1v) is 3.21. The van der Waals surface area contributed by atoms with E-state index in [0.29, 0.717) is 6.54 Å². The third kappa shape index (κ3) is 50.8. The van der Waals surface area contributed by atoms with Gasteiger partial charge in [0.2, 0.25) is 0 Å². The second kappa shape index (κ2) is 13.6. The summed E-state index contributed by atoms with van der Waals surface area (Å²) < 4.78 is 0. The van der Waals surface area contributed by atoms with Gasteiger partial charge < -0.3 is 11.5 Å². The molecule has 12 heavy (non-hydrogen) atoms. The van der Waals surface area contributed by atoms with Crippen molar-refractivity contribution in [2.75, 3.05) is 6.54 Å². The number of halogens is 2. The Morgan fingerprint density at radius 2 is 1.42 bits per heavy atom. The van der Waals surface area contributed by atoms with Crippen LogP contribution in [-0.4, -0.2) is 12.1 Å². The Bertz CT molecular complexity index is 97.7. The van der Waals surface area contributed by atoms with Gasteiger partial charge in [-0.2, -0.15) is 0 Å². The number of hydrogen-bond donors (Lipinski definition) is 2. The van der Waals surface area contributed by atoms with Gasteiger partial charge in [0.1, 0.15) is 0 Å². The molecule has 0 aliphatic rings. The molecule has 0 aliphatic heterocycles. The third-order valence-electron chi connectivity index (χ3n) is 0.693. The van der Waals surface area contributed by atoms with Crippen molar-refractivity contribution in [3.05, 3.63) is 25.3 Å². The first-order valence-electron chi connectivity index (χ1n) is 3.21. The van der Waals surface area contributed by atoms with Crippen LogP contribution in [0.25, 0.3) is 0 Å². The van der Waals surface area contributed by atoms with Crippen LogP contribution in [0.15, 0.2) is 25.3 Å². The lowest BCUT2D eigenvalue weighted by atomic mass is 10.1. The van der Waals surface area contributed by atoms with Gasteiger partial charge in [0, 0.05) is 12.1 Å². The fraction of sp³-hybridized carbons (Fsp3) is 0.500. The molecule has 4 N–H and O–H groups in total. The standard InChI is InChI=1S/C5H11N.C3H7N.2ClH/c1-4-5(2,3)6;1-2-3-4;;/h4H,1,6H2,2-3H3;2H,1,3-4H2;2*1H. The quantitative estimate of drug-likeness (QED) is 0.691. The molecule has 0 aliphatic carbocycles. The molecule has 0 bridgehead atoms. The number of hydrogen-bond acceptors (Lipinski definition) is 2. The zero-order chi connectivity index (χ0) is 8.62. The van der Waals surface area contributed by atoms with E-state index in [-0.39, 0.29) is 30.4 Å². The summed E-state index contributed by atoms with van der Waals surface area (Å²) >= 11 is 0. The van der Waals surface area contributed by atoms with Crippen LogP contribution in [-0.2, 0) is 0 Å². The predicted molar refractivity (Wildman–Crippen MR) is 62.2 cm³/mol. The fourth-order valence-electron chi connectivity index (χ4n) is 0. The van der Waals surface area contributed by atoms with Gasteiger partial charge in [-0.1, -0.05) is 12.2 Å². The summed E-state index contributed by atoms with van der Waals surface area (Å²) in [7, 11) is 0. The van der Waals surface area contributed by atoms with Gasteiger partial charge >= 0.3 is 0 Å². The SMILES string of the molecule is C=CC(C)(C)N.C=CCN.Cl.Cl. The highest BCUT2D eigenvalue weighted by Crippen LogP contribution is 1.93. The Morgan fingerprint density at radius 1 is 1.25 bits per heavy atom. The van der Waals surface area contributed by atoms with Crippen molar-refractivity contribution in [1.82, 2.24) is 0 Å². The van der Waals surface area contributed by atoms with Crippen LogP contribution in [0.4, 0.5) is 0 Å². The molecule has 4 heteroatoms. The van der Waals surface area contributed by atoms with Crippen LogP contribution >= 0.6 is 24.8 Å². The van der Waals surface area contributed by atoms with Crippen LogP contribution < -0.4 is 11.5 Å². The van der Waals surface area contributed by atoms with Gasteiger partial charge in [0.15, 0.2) is 0 Å². The van der Waals surface area contributed by atoms with Crippen molar-refractivity contribution in [2.24, 2.45) is 11.5 Å². The topological polar surface area (TPSA) is 52.0 Å². The molecule has 0 heterocycles. The van der Waals surface area contributed by atoms with Crippen molar-refractivity contribution < 1.29 is 0 Å². The summed E-state index contributed by atoms with van der Waals surface area (Å²) in [5, 5.41) is 0. The molecule has 0 saturated carbocycles.